The number of amides is 2. The molecule has 8 heteroatoms. The maximum absolute atomic E-state index is 13.0. The maximum Gasteiger partial charge on any atom is 0.277 e. The lowest BCUT2D eigenvalue weighted by molar-refractivity contribution is -0.123. The first-order chi connectivity index (χ1) is 16.1. The number of para-hydroxylation sites is 2. The number of benzene rings is 2. The van der Waals surface area contributed by atoms with E-state index in [-0.39, 0.29) is 0 Å². The van der Waals surface area contributed by atoms with E-state index in [9.17, 15) is 9.59 Å². The Hall–Kier alpha value is -3.78. The predicted molar refractivity (Wildman–Crippen MR) is 135 cm³/mol. The van der Waals surface area contributed by atoms with Crippen molar-refractivity contribution in [2.45, 2.75) is 12.8 Å². The molecule has 3 N–H and O–H groups in total. The van der Waals surface area contributed by atoms with E-state index in [0.717, 1.165) is 46.0 Å². The second-order valence-corrected chi connectivity index (χ2v) is 8.90. The van der Waals surface area contributed by atoms with Crippen LogP contribution in [0.15, 0.2) is 72.0 Å². The first-order valence-electron chi connectivity index (χ1n) is 10.7. The molecule has 0 unspecified atom stereocenters. The summed E-state index contributed by atoms with van der Waals surface area (Å²) in [5, 5.41) is 5.13. The summed E-state index contributed by atoms with van der Waals surface area (Å²) in [4.78, 5) is 29.9. The van der Waals surface area contributed by atoms with Gasteiger partial charge < -0.3 is 14.9 Å². The number of rotatable bonds is 6. The molecule has 0 saturated heterocycles. The number of aryl methyl sites for hydroxylation is 1. The molecule has 0 aliphatic carbocycles. The van der Waals surface area contributed by atoms with Gasteiger partial charge >= 0.3 is 0 Å². The van der Waals surface area contributed by atoms with Gasteiger partial charge in [0.2, 0.25) is 0 Å². The number of nitrogens with one attached hydrogen (secondary N) is 1. The van der Waals surface area contributed by atoms with Crippen LogP contribution in [0.5, 0.6) is 0 Å². The molecule has 3 heterocycles. The lowest BCUT2D eigenvalue weighted by Crippen LogP contribution is -2.24. The summed E-state index contributed by atoms with van der Waals surface area (Å²) in [7, 11) is 1.68. The number of carbonyl (C=O) groups excluding carboxylic acids is 2. The Morgan fingerprint density at radius 3 is 2.45 bits per heavy atom. The predicted octanol–water partition coefficient (Wildman–Crippen LogP) is 3.69. The van der Waals surface area contributed by atoms with Crippen LogP contribution in [0.2, 0.25) is 0 Å². The molecule has 33 heavy (non-hydrogen) atoms. The smallest absolute Gasteiger partial charge is 0.277 e. The SMILES string of the molecule is CN=C(N)SCCCc1cn(C2=C(n3ccc4ccccc43)C(=O)NC2=O)c2ccccc12. The van der Waals surface area contributed by atoms with E-state index in [0.29, 0.717) is 16.6 Å². The molecule has 2 aromatic carbocycles. The summed E-state index contributed by atoms with van der Waals surface area (Å²) < 4.78 is 3.65. The summed E-state index contributed by atoms with van der Waals surface area (Å²) in [6, 6.07) is 17.7. The van der Waals surface area contributed by atoms with Gasteiger partial charge in [-0.15, -0.1) is 0 Å². The lowest BCUT2D eigenvalue weighted by atomic mass is 10.1. The third kappa shape index (κ3) is 3.72. The number of amidine groups is 1. The zero-order chi connectivity index (χ0) is 22.9. The number of thioether (sulfide) groups is 1. The Bertz CT molecular complexity index is 1460. The van der Waals surface area contributed by atoms with Gasteiger partial charge in [0, 0.05) is 30.6 Å². The third-order valence-corrected chi connectivity index (χ3v) is 6.79. The molecule has 1 aliphatic heterocycles. The Balaban J connectivity index is 1.61. The van der Waals surface area contributed by atoms with Crippen molar-refractivity contribution in [3.63, 3.8) is 0 Å². The highest BCUT2D eigenvalue weighted by Gasteiger charge is 2.34. The molecular weight excluding hydrogens is 434 g/mol. The van der Waals surface area contributed by atoms with Crippen LogP contribution in [0.3, 0.4) is 0 Å². The number of hydrogen-bond donors (Lipinski definition) is 2. The molecule has 0 radical (unpaired) electrons. The van der Waals surface area contributed by atoms with Crippen molar-refractivity contribution in [2.75, 3.05) is 12.8 Å². The van der Waals surface area contributed by atoms with Gasteiger partial charge in [-0.3, -0.25) is 19.9 Å². The second kappa shape index (κ2) is 8.63. The monoisotopic (exact) mass is 457 g/mol. The van der Waals surface area contributed by atoms with Crippen LogP contribution < -0.4 is 11.1 Å². The average Bonchev–Trinajstić information content (AvgIpc) is 3.49. The Labute approximate surface area is 195 Å². The van der Waals surface area contributed by atoms with Crippen LogP contribution in [-0.2, 0) is 16.0 Å². The molecular formula is C25H23N5O2S. The number of aromatic nitrogens is 2. The van der Waals surface area contributed by atoms with E-state index in [1.807, 2.05) is 65.5 Å². The van der Waals surface area contributed by atoms with Gasteiger partial charge in [-0.2, -0.15) is 0 Å². The van der Waals surface area contributed by atoms with Gasteiger partial charge in [0.15, 0.2) is 5.17 Å². The normalized spacial score (nSPS) is 14.6. The van der Waals surface area contributed by atoms with E-state index in [1.165, 1.54) is 11.8 Å². The standard InChI is InChI=1S/C25H23N5O2S/c1-27-25(26)33-14-6-8-17-15-30(20-11-5-3-9-18(17)20)22-21(23(31)28-24(22)32)29-13-12-16-7-2-4-10-19(16)29/h2-5,7,9-13,15H,6,8,14H2,1H3,(H2,26,27)(H,28,31,32). The zero-order valence-electron chi connectivity index (χ0n) is 18.1. The third-order valence-electron chi connectivity index (χ3n) is 5.82. The fourth-order valence-corrected chi connectivity index (χ4v) is 4.93. The molecule has 1 aliphatic rings. The van der Waals surface area contributed by atoms with Crippen molar-refractivity contribution in [3.8, 4) is 0 Å². The number of hydrogen-bond acceptors (Lipinski definition) is 4. The molecule has 5 rings (SSSR count). The van der Waals surface area contributed by atoms with Gasteiger partial charge in [0.1, 0.15) is 11.4 Å². The number of nitrogens with two attached hydrogens (primary N) is 1. The van der Waals surface area contributed by atoms with E-state index < -0.39 is 11.8 Å². The van der Waals surface area contributed by atoms with Crippen LogP contribution in [-0.4, -0.2) is 38.9 Å². The van der Waals surface area contributed by atoms with Gasteiger partial charge in [-0.05, 0) is 42.0 Å². The molecule has 0 atom stereocenters. The summed E-state index contributed by atoms with van der Waals surface area (Å²) >= 11 is 1.53. The van der Waals surface area contributed by atoms with E-state index in [2.05, 4.69) is 16.4 Å². The van der Waals surface area contributed by atoms with Gasteiger partial charge in [-0.25, -0.2) is 0 Å². The number of carbonyl (C=O) groups is 2. The van der Waals surface area contributed by atoms with Crippen LogP contribution in [0.4, 0.5) is 0 Å². The first-order valence-corrected chi connectivity index (χ1v) is 11.7. The first kappa shape index (κ1) is 21.1. The minimum absolute atomic E-state index is 0.330. The molecule has 2 aromatic heterocycles. The van der Waals surface area contributed by atoms with Gasteiger partial charge in [-0.1, -0.05) is 48.2 Å². The van der Waals surface area contributed by atoms with Gasteiger partial charge in [0.05, 0.1) is 11.0 Å². The molecule has 2 amide bonds. The molecule has 0 spiro atoms. The summed E-state index contributed by atoms with van der Waals surface area (Å²) in [5.74, 6) is 0.0503. The van der Waals surface area contributed by atoms with Crippen molar-refractivity contribution in [2.24, 2.45) is 10.7 Å². The Kier molecular flexibility index (Phi) is 5.51. The summed E-state index contributed by atoms with van der Waals surface area (Å²) in [6.45, 7) is 0. The number of aliphatic imine (C=N–C) groups is 1. The minimum Gasteiger partial charge on any atom is -0.379 e. The topological polar surface area (TPSA) is 94.4 Å². The number of fused-ring (bicyclic) bond motifs is 2. The highest BCUT2D eigenvalue weighted by Crippen LogP contribution is 2.32. The van der Waals surface area contributed by atoms with Crippen LogP contribution in [0, 0.1) is 0 Å². The molecule has 4 aromatic rings. The molecule has 166 valence electrons. The summed E-state index contributed by atoms with van der Waals surface area (Å²) in [6.07, 6.45) is 5.55. The van der Waals surface area contributed by atoms with Crippen molar-refractivity contribution < 1.29 is 9.59 Å². The van der Waals surface area contributed by atoms with Crippen molar-refractivity contribution in [3.05, 3.63) is 72.6 Å². The van der Waals surface area contributed by atoms with E-state index in [1.54, 1.807) is 11.6 Å². The highest BCUT2D eigenvalue weighted by atomic mass is 32.2. The Morgan fingerprint density at radius 2 is 1.67 bits per heavy atom. The minimum atomic E-state index is -0.401. The van der Waals surface area contributed by atoms with E-state index >= 15 is 0 Å². The maximum atomic E-state index is 13.0. The molecule has 7 nitrogen and oxygen atoms in total. The second-order valence-electron chi connectivity index (χ2n) is 7.78. The zero-order valence-corrected chi connectivity index (χ0v) is 18.9. The van der Waals surface area contributed by atoms with Crippen LogP contribution in [0.1, 0.15) is 12.0 Å². The van der Waals surface area contributed by atoms with Gasteiger partial charge in [0.25, 0.3) is 11.8 Å². The van der Waals surface area contributed by atoms with E-state index in [4.69, 9.17) is 5.73 Å². The van der Waals surface area contributed by atoms with Crippen molar-refractivity contribution >= 4 is 61.9 Å². The largest absolute Gasteiger partial charge is 0.379 e. The fourth-order valence-electron chi connectivity index (χ4n) is 4.30. The Morgan fingerprint density at radius 1 is 0.970 bits per heavy atom. The number of imide groups is 1. The lowest BCUT2D eigenvalue weighted by Gasteiger charge is -2.09. The quantitative estimate of drug-likeness (QED) is 0.200. The van der Waals surface area contributed by atoms with Crippen LogP contribution in [0.25, 0.3) is 33.2 Å². The van der Waals surface area contributed by atoms with Crippen molar-refractivity contribution in [1.29, 1.82) is 0 Å². The molecule has 0 saturated carbocycles. The molecule has 0 fully saturated rings. The van der Waals surface area contributed by atoms with Crippen LogP contribution >= 0.6 is 11.8 Å². The summed E-state index contributed by atoms with van der Waals surface area (Å²) in [5.41, 5.74) is 9.33. The highest BCUT2D eigenvalue weighted by molar-refractivity contribution is 8.13. The van der Waals surface area contributed by atoms with Crippen molar-refractivity contribution in [1.82, 2.24) is 14.5 Å². The number of nitrogens with zero attached hydrogens (tertiary/aromatic N) is 3. The average molecular weight is 458 g/mol. The molecule has 0 bridgehead atoms. The fraction of sp³-hybridized carbons (Fsp3) is 0.160.